The molecule has 1 aromatic heterocycles. The second-order valence-electron chi connectivity index (χ2n) is 21.5. The molecule has 2 aromatic rings. The van der Waals surface area contributed by atoms with Gasteiger partial charge in [0.05, 0.1) is 49.3 Å². The maximum Gasteiger partial charge on any atom is 0.333 e. The first-order valence-corrected chi connectivity index (χ1v) is 27.2. The summed E-state index contributed by atoms with van der Waals surface area (Å²) in [6, 6.07) is 4.42. The molecule has 3 aliphatic heterocycles. The summed E-state index contributed by atoms with van der Waals surface area (Å²) in [6.07, 6.45) is 6.09. The van der Waals surface area contributed by atoms with Crippen LogP contribution in [0.15, 0.2) is 30.5 Å². The minimum atomic E-state index is -0.920. The lowest BCUT2D eigenvalue weighted by Crippen LogP contribution is -2.60. The van der Waals surface area contributed by atoms with Gasteiger partial charge in [0, 0.05) is 77.1 Å². The van der Waals surface area contributed by atoms with Crippen LogP contribution < -0.4 is 10.6 Å². The van der Waals surface area contributed by atoms with E-state index < -0.39 is 66.1 Å². The Kier molecular flexibility index (Phi) is 23.1. The standard InChI is InChI=1S/C55H86N8O12/c1-12-36(6)50(60(9)55(71)48(34(2)3)58-53(69)49(35(4)5)59(8)27-17-13-14-24-47(67)75-63-44(64)25-26-45(63)65)43(72-10)32-46(66)61-28-20-23-42(61)51(73-11)37(7)52(68)57-41(54(70)62-29-18-19-30-74-62)31-38-33-56-40-22-16-15-21-39(38)40/h15-16,21-22,33-37,41-43,48-51,56H,12-14,17-20,23-32H2,1-11H3,(H,57,68)(H,58,69)/t36?,37?,41?,42-,43?,48?,49?,50?,51?/m0/s1. The zero-order valence-corrected chi connectivity index (χ0v) is 46.4. The molecule has 3 fully saturated rings. The van der Waals surface area contributed by atoms with E-state index in [1.165, 1.54) is 19.3 Å². The molecule has 75 heavy (non-hydrogen) atoms. The molecule has 3 N–H and O–H groups in total. The van der Waals surface area contributed by atoms with Crippen molar-refractivity contribution in [2.75, 3.05) is 54.6 Å². The number of H-pyrrole nitrogens is 1. The third-order valence-corrected chi connectivity index (χ3v) is 15.4. The highest BCUT2D eigenvalue weighted by atomic mass is 16.7. The van der Waals surface area contributed by atoms with Crippen LogP contribution in [0.4, 0.5) is 0 Å². The summed E-state index contributed by atoms with van der Waals surface area (Å²) in [5.74, 6) is -4.47. The van der Waals surface area contributed by atoms with Gasteiger partial charge in [0.2, 0.25) is 23.6 Å². The van der Waals surface area contributed by atoms with E-state index in [9.17, 15) is 38.4 Å². The summed E-state index contributed by atoms with van der Waals surface area (Å²) in [5, 5.41) is 9.00. The number of hydrogen-bond acceptors (Lipinski definition) is 13. The topological polar surface area (TPSA) is 230 Å². The highest BCUT2D eigenvalue weighted by Crippen LogP contribution is 2.31. The fraction of sp³-hybridized carbons (Fsp3) is 0.709. The monoisotopic (exact) mass is 1050 g/mol. The highest BCUT2D eigenvalue weighted by molar-refractivity contribution is 6.01. The molecule has 0 spiro atoms. The van der Waals surface area contributed by atoms with Crippen LogP contribution in [0.5, 0.6) is 0 Å². The van der Waals surface area contributed by atoms with E-state index >= 15 is 0 Å². The maximum atomic E-state index is 14.7. The quantitative estimate of drug-likeness (QED) is 0.0760. The van der Waals surface area contributed by atoms with E-state index in [1.807, 2.05) is 84.0 Å². The Hall–Kier alpha value is -5.44. The van der Waals surface area contributed by atoms with E-state index in [2.05, 4.69) is 15.6 Å². The molecule has 0 saturated carbocycles. The van der Waals surface area contributed by atoms with E-state index in [-0.39, 0.29) is 79.4 Å². The summed E-state index contributed by atoms with van der Waals surface area (Å²) < 4.78 is 12.2. The number of nitrogens with zero attached hydrogens (tertiary/aromatic N) is 5. The third-order valence-electron chi connectivity index (χ3n) is 15.4. The van der Waals surface area contributed by atoms with Gasteiger partial charge >= 0.3 is 5.97 Å². The molecule has 5 rings (SSSR count). The van der Waals surface area contributed by atoms with Crippen molar-refractivity contribution in [3.8, 4) is 0 Å². The largest absolute Gasteiger partial charge is 0.379 e. The van der Waals surface area contributed by atoms with Crippen LogP contribution in [0.2, 0.25) is 0 Å². The molecule has 3 saturated heterocycles. The zero-order chi connectivity index (χ0) is 55.1. The van der Waals surface area contributed by atoms with Crippen LogP contribution in [0.25, 0.3) is 10.9 Å². The van der Waals surface area contributed by atoms with Gasteiger partial charge in [0.25, 0.3) is 17.7 Å². The fourth-order valence-corrected chi connectivity index (χ4v) is 11.0. The Labute approximate surface area is 443 Å². The molecular formula is C55H86N8O12. The molecule has 1 aromatic carbocycles. The number of carbonyl (C=O) groups is 8. The Morgan fingerprint density at radius 1 is 0.853 bits per heavy atom. The molecule has 4 heterocycles. The van der Waals surface area contributed by atoms with Gasteiger partial charge in [0.15, 0.2) is 0 Å². The Bertz CT molecular complexity index is 2250. The van der Waals surface area contributed by atoms with E-state index in [0.717, 1.165) is 29.3 Å². The number of hydrogen-bond donors (Lipinski definition) is 3. The molecule has 3 aliphatic rings. The number of amides is 7. The van der Waals surface area contributed by atoms with Crippen LogP contribution in [0, 0.1) is 23.7 Å². The molecule has 7 amide bonds. The minimum Gasteiger partial charge on any atom is -0.379 e. The van der Waals surface area contributed by atoms with E-state index in [0.29, 0.717) is 69.8 Å². The first-order chi connectivity index (χ1) is 35.7. The molecule has 20 nitrogen and oxygen atoms in total. The number of likely N-dealkylation sites (N-methyl/N-ethyl adjacent to an activating group) is 2. The molecular weight excluding hydrogens is 965 g/mol. The number of rotatable bonds is 28. The Balaban J connectivity index is 1.22. The second kappa shape index (κ2) is 28.6. The number of benzene rings is 1. The van der Waals surface area contributed by atoms with Crippen LogP contribution in [-0.2, 0) is 63.9 Å². The van der Waals surface area contributed by atoms with Crippen molar-refractivity contribution in [2.45, 2.75) is 174 Å². The number of para-hydroxylation sites is 1. The van der Waals surface area contributed by atoms with Gasteiger partial charge in [-0.15, -0.1) is 5.06 Å². The van der Waals surface area contributed by atoms with Gasteiger partial charge in [-0.1, -0.05) is 79.5 Å². The Morgan fingerprint density at radius 2 is 1.56 bits per heavy atom. The molecule has 0 aliphatic carbocycles. The fourth-order valence-electron chi connectivity index (χ4n) is 11.0. The lowest BCUT2D eigenvalue weighted by molar-refractivity contribution is -0.199. The molecule has 20 heteroatoms. The number of methoxy groups -OCH3 is 2. The average molecular weight is 1050 g/mol. The van der Waals surface area contributed by atoms with Crippen LogP contribution in [0.3, 0.4) is 0 Å². The van der Waals surface area contributed by atoms with Gasteiger partial charge < -0.3 is 39.7 Å². The first kappa shape index (κ1) is 60.4. The third kappa shape index (κ3) is 15.6. The predicted octanol–water partition coefficient (Wildman–Crippen LogP) is 4.93. The minimum absolute atomic E-state index is 0.0298. The number of aromatic nitrogens is 1. The van der Waals surface area contributed by atoms with Crippen molar-refractivity contribution in [2.24, 2.45) is 23.7 Å². The SMILES string of the molecule is CCC(C)C(C(CC(=O)N1CCC[C@H]1C(OC)C(C)C(=O)NC(Cc1c[nH]c2ccccc12)C(=O)N1CCCCO1)OC)N(C)C(=O)C(NC(=O)C(C(C)C)N(C)CCCCCC(=O)ON1C(=O)CCC1=O)C(C)C. The van der Waals surface area contributed by atoms with Gasteiger partial charge in [-0.2, -0.15) is 0 Å². The number of hydroxylamine groups is 4. The highest BCUT2D eigenvalue weighted by Gasteiger charge is 2.44. The van der Waals surface area contributed by atoms with E-state index in [1.54, 1.807) is 23.8 Å². The van der Waals surface area contributed by atoms with Gasteiger partial charge in [-0.3, -0.25) is 43.3 Å². The number of likely N-dealkylation sites (tertiary alicyclic amines) is 1. The molecule has 418 valence electrons. The number of carbonyl (C=O) groups excluding carboxylic acids is 8. The number of unbranched alkanes of at least 4 members (excludes halogenated alkanes) is 2. The lowest BCUT2D eigenvalue weighted by atomic mass is 9.89. The smallest absolute Gasteiger partial charge is 0.333 e. The van der Waals surface area contributed by atoms with Crippen molar-refractivity contribution in [3.05, 3.63) is 36.0 Å². The van der Waals surface area contributed by atoms with Crippen molar-refractivity contribution < 1.29 is 57.5 Å². The predicted molar refractivity (Wildman–Crippen MR) is 281 cm³/mol. The molecule has 8 unspecified atom stereocenters. The average Bonchev–Trinajstić information content (AvgIpc) is 4.13. The number of imide groups is 1. The maximum absolute atomic E-state index is 14.7. The summed E-state index contributed by atoms with van der Waals surface area (Å²) >= 11 is 0. The van der Waals surface area contributed by atoms with Crippen LogP contribution >= 0.6 is 0 Å². The summed E-state index contributed by atoms with van der Waals surface area (Å²) in [6.45, 7) is 15.3. The summed E-state index contributed by atoms with van der Waals surface area (Å²) in [7, 11) is 6.63. The van der Waals surface area contributed by atoms with Crippen molar-refractivity contribution >= 4 is 58.2 Å². The van der Waals surface area contributed by atoms with Gasteiger partial charge in [-0.25, -0.2) is 9.86 Å². The lowest BCUT2D eigenvalue weighted by Gasteiger charge is -2.41. The van der Waals surface area contributed by atoms with Crippen molar-refractivity contribution in [1.29, 1.82) is 0 Å². The second-order valence-corrected chi connectivity index (χ2v) is 21.5. The molecule has 0 radical (unpaired) electrons. The number of fused-ring (bicyclic) bond motifs is 1. The zero-order valence-electron chi connectivity index (χ0n) is 46.4. The van der Waals surface area contributed by atoms with Gasteiger partial charge in [0.1, 0.15) is 12.1 Å². The van der Waals surface area contributed by atoms with Crippen LogP contribution in [0.1, 0.15) is 131 Å². The van der Waals surface area contributed by atoms with Crippen molar-refractivity contribution in [3.63, 3.8) is 0 Å². The van der Waals surface area contributed by atoms with E-state index in [4.69, 9.17) is 19.1 Å². The first-order valence-electron chi connectivity index (χ1n) is 27.2. The van der Waals surface area contributed by atoms with Crippen molar-refractivity contribution in [1.82, 2.24) is 40.4 Å². The Morgan fingerprint density at radius 3 is 2.19 bits per heavy atom. The molecule has 0 bridgehead atoms. The number of nitrogens with one attached hydrogen (secondary N) is 3. The van der Waals surface area contributed by atoms with Gasteiger partial charge in [-0.05, 0) is 81.5 Å². The normalized spacial score (nSPS) is 19.5. The summed E-state index contributed by atoms with van der Waals surface area (Å²) in [4.78, 5) is 127. The number of aromatic amines is 1. The number of ether oxygens (including phenoxy) is 2. The summed E-state index contributed by atoms with van der Waals surface area (Å²) in [5.41, 5.74) is 1.81. The molecule has 9 atom stereocenters. The van der Waals surface area contributed by atoms with Crippen LogP contribution in [-0.4, -0.2) is 174 Å².